The Morgan fingerprint density at radius 1 is 1.22 bits per heavy atom. The second kappa shape index (κ2) is 7.19. The van der Waals surface area contributed by atoms with Crippen LogP contribution in [-0.2, 0) is 0 Å². The molecule has 0 saturated carbocycles. The van der Waals surface area contributed by atoms with Crippen LogP contribution in [0.4, 0.5) is 15.8 Å². The molecule has 3 rings (SSSR count). The lowest BCUT2D eigenvalue weighted by atomic mass is 10.2. The van der Waals surface area contributed by atoms with Crippen molar-refractivity contribution in [1.29, 1.82) is 0 Å². The summed E-state index contributed by atoms with van der Waals surface area (Å²) >= 11 is 0. The maximum Gasteiger partial charge on any atom is 0.150 e. The van der Waals surface area contributed by atoms with Crippen molar-refractivity contribution < 1.29 is 4.39 Å². The number of pyridine rings is 1. The highest BCUT2D eigenvalue weighted by molar-refractivity contribution is 5.98. The van der Waals surface area contributed by atoms with Gasteiger partial charge in [0.1, 0.15) is 5.82 Å². The van der Waals surface area contributed by atoms with Gasteiger partial charge in [0, 0.05) is 49.8 Å². The number of nitrogens with one attached hydrogen (secondary N) is 2. The van der Waals surface area contributed by atoms with E-state index >= 15 is 0 Å². The highest BCUT2D eigenvalue weighted by atomic mass is 19.1. The van der Waals surface area contributed by atoms with Gasteiger partial charge in [-0.15, -0.1) is 0 Å². The summed E-state index contributed by atoms with van der Waals surface area (Å²) in [5, 5.41) is 7.53. The van der Waals surface area contributed by atoms with Gasteiger partial charge in [0.25, 0.3) is 0 Å². The van der Waals surface area contributed by atoms with Crippen molar-refractivity contribution in [3.8, 4) is 0 Å². The molecule has 1 fully saturated rings. The number of piperazine rings is 1. The van der Waals surface area contributed by atoms with Crippen LogP contribution in [0.2, 0.25) is 0 Å². The third-order valence-corrected chi connectivity index (χ3v) is 3.88. The van der Waals surface area contributed by atoms with E-state index in [9.17, 15) is 4.39 Å². The molecular weight excluding hydrogens is 293 g/mol. The van der Waals surface area contributed by atoms with Crippen molar-refractivity contribution in [2.75, 3.05) is 36.5 Å². The third kappa shape index (κ3) is 3.84. The number of aromatic nitrogens is 1. The summed E-state index contributed by atoms with van der Waals surface area (Å²) in [4.78, 5) is 6.15. The lowest BCUT2D eigenvalue weighted by Gasteiger charge is -2.29. The van der Waals surface area contributed by atoms with Crippen LogP contribution in [0.25, 0.3) is 0 Å². The number of anilines is 2. The molecule has 1 saturated heterocycles. The minimum absolute atomic E-state index is 0.299. The van der Waals surface area contributed by atoms with Gasteiger partial charge in [-0.25, -0.2) is 4.39 Å². The fourth-order valence-electron chi connectivity index (χ4n) is 2.52. The average molecular weight is 313 g/mol. The highest BCUT2D eigenvalue weighted by Crippen LogP contribution is 2.22. The zero-order chi connectivity index (χ0) is 16.1. The van der Waals surface area contributed by atoms with Crippen molar-refractivity contribution in [3.05, 3.63) is 54.1 Å². The number of nitrogens with zero attached hydrogens (tertiary/aromatic N) is 3. The monoisotopic (exact) mass is 313 g/mol. The fraction of sp³-hybridized carbons (Fsp3) is 0.294. The van der Waals surface area contributed by atoms with E-state index in [0.717, 1.165) is 43.1 Å². The maximum atomic E-state index is 14.3. The first-order valence-corrected chi connectivity index (χ1v) is 7.70. The number of hydrazone groups is 1. The lowest BCUT2D eigenvalue weighted by Crippen LogP contribution is -2.43. The van der Waals surface area contributed by atoms with Crippen LogP contribution >= 0.6 is 0 Å². The summed E-state index contributed by atoms with van der Waals surface area (Å²) < 4.78 is 14.3. The van der Waals surface area contributed by atoms with E-state index in [1.165, 1.54) is 0 Å². The molecule has 1 aliphatic heterocycles. The van der Waals surface area contributed by atoms with E-state index in [4.69, 9.17) is 0 Å². The van der Waals surface area contributed by atoms with Gasteiger partial charge in [0.15, 0.2) is 0 Å². The average Bonchev–Trinajstić information content (AvgIpc) is 2.62. The Labute approximate surface area is 135 Å². The first kappa shape index (κ1) is 15.4. The molecule has 2 N–H and O–H groups in total. The molecule has 1 aromatic carbocycles. The molecule has 2 aromatic rings. The number of hydrogen-bond acceptors (Lipinski definition) is 5. The Balaban J connectivity index is 1.71. The SMILES string of the molecule is C/C(=N\Nc1ccc(N2CCNCC2)cc1F)c1ccncc1. The van der Waals surface area contributed by atoms with E-state index in [-0.39, 0.29) is 5.82 Å². The summed E-state index contributed by atoms with van der Waals surface area (Å²) in [5.41, 5.74) is 5.81. The molecule has 0 bridgehead atoms. The largest absolute Gasteiger partial charge is 0.369 e. The van der Waals surface area contributed by atoms with E-state index in [2.05, 4.69) is 25.7 Å². The van der Waals surface area contributed by atoms with Gasteiger partial charge in [0.2, 0.25) is 0 Å². The zero-order valence-corrected chi connectivity index (χ0v) is 13.1. The fourth-order valence-corrected chi connectivity index (χ4v) is 2.52. The lowest BCUT2D eigenvalue weighted by molar-refractivity contribution is 0.585. The van der Waals surface area contributed by atoms with Crippen molar-refractivity contribution in [2.24, 2.45) is 5.10 Å². The van der Waals surface area contributed by atoms with Crippen LogP contribution in [0.3, 0.4) is 0 Å². The van der Waals surface area contributed by atoms with Crippen LogP contribution in [0, 0.1) is 5.82 Å². The topological polar surface area (TPSA) is 52.6 Å². The second-order valence-corrected chi connectivity index (χ2v) is 5.45. The van der Waals surface area contributed by atoms with Gasteiger partial charge in [-0.1, -0.05) is 0 Å². The zero-order valence-electron chi connectivity index (χ0n) is 13.1. The Bertz CT molecular complexity index is 681. The number of rotatable bonds is 4. The van der Waals surface area contributed by atoms with E-state index in [0.29, 0.717) is 5.69 Å². The van der Waals surface area contributed by atoms with Crippen LogP contribution in [0.1, 0.15) is 12.5 Å². The van der Waals surface area contributed by atoms with Crippen molar-refractivity contribution in [3.63, 3.8) is 0 Å². The summed E-state index contributed by atoms with van der Waals surface area (Å²) in [6.07, 6.45) is 3.41. The van der Waals surface area contributed by atoms with Gasteiger partial charge in [0.05, 0.1) is 11.4 Å². The molecule has 120 valence electrons. The predicted octanol–water partition coefficient (Wildman–Crippen LogP) is 2.47. The third-order valence-electron chi connectivity index (χ3n) is 3.88. The molecule has 5 nitrogen and oxygen atoms in total. The van der Waals surface area contributed by atoms with Crippen LogP contribution in [0.5, 0.6) is 0 Å². The maximum absolute atomic E-state index is 14.3. The molecular formula is C17H20FN5. The first-order chi connectivity index (χ1) is 11.2. The van der Waals surface area contributed by atoms with E-state index < -0.39 is 0 Å². The molecule has 0 spiro atoms. The number of benzene rings is 1. The van der Waals surface area contributed by atoms with Crippen LogP contribution in [0.15, 0.2) is 47.8 Å². The van der Waals surface area contributed by atoms with Gasteiger partial charge < -0.3 is 10.2 Å². The molecule has 1 aromatic heterocycles. The molecule has 0 atom stereocenters. The quantitative estimate of drug-likeness (QED) is 0.672. The summed E-state index contributed by atoms with van der Waals surface area (Å²) in [6.45, 7) is 5.51. The first-order valence-electron chi connectivity index (χ1n) is 7.70. The van der Waals surface area contributed by atoms with Crippen molar-refractivity contribution >= 4 is 17.1 Å². The summed E-state index contributed by atoms with van der Waals surface area (Å²) in [7, 11) is 0. The minimum Gasteiger partial charge on any atom is -0.369 e. The summed E-state index contributed by atoms with van der Waals surface area (Å²) in [6, 6.07) is 8.95. The van der Waals surface area contributed by atoms with Gasteiger partial charge in [-0.3, -0.25) is 10.4 Å². The van der Waals surface area contributed by atoms with Gasteiger partial charge >= 0.3 is 0 Å². The predicted molar refractivity (Wildman–Crippen MR) is 91.6 cm³/mol. The normalized spacial score (nSPS) is 15.6. The number of halogens is 1. The Morgan fingerprint density at radius 2 is 1.96 bits per heavy atom. The van der Waals surface area contributed by atoms with Crippen molar-refractivity contribution in [2.45, 2.75) is 6.92 Å². The smallest absolute Gasteiger partial charge is 0.150 e. The number of hydrogen-bond donors (Lipinski definition) is 2. The Kier molecular flexibility index (Phi) is 4.83. The summed E-state index contributed by atoms with van der Waals surface area (Å²) in [5.74, 6) is -0.299. The molecule has 2 heterocycles. The standard InChI is InChI=1S/C17H20FN5/c1-13(14-4-6-19-7-5-14)21-22-17-3-2-15(12-16(17)18)23-10-8-20-9-11-23/h2-7,12,20,22H,8-11H2,1H3/b21-13+. The molecule has 6 heteroatoms. The molecule has 0 aliphatic carbocycles. The van der Waals surface area contributed by atoms with E-state index in [1.54, 1.807) is 24.5 Å². The van der Waals surface area contributed by atoms with Crippen LogP contribution < -0.4 is 15.6 Å². The Morgan fingerprint density at radius 3 is 2.65 bits per heavy atom. The second-order valence-electron chi connectivity index (χ2n) is 5.45. The molecule has 23 heavy (non-hydrogen) atoms. The minimum atomic E-state index is -0.299. The molecule has 0 unspecified atom stereocenters. The highest BCUT2D eigenvalue weighted by Gasteiger charge is 2.12. The van der Waals surface area contributed by atoms with Crippen molar-refractivity contribution in [1.82, 2.24) is 10.3 Å². The molecule has 0 amide bonds. The molecule has 1 aliphatic rings. The van der Waals surface area contributed by atoms with Gasteiger partial charge in [-0.2, -0.15) is 5.10 Å². The van der Waals surface area contributed by atoms with Crippen LogP contribution in [-0.4, -0.2) is 36.9 Å². The molecule has 0 radical (unpaired) electrons. The Hall–Kier alpha value is -2.47. The van der Waals surface area contributed by atoms with Gasteiger partial charge in [-0.05, 0) is 37.3 Å². The van der Waals surface area contributed by atoms with E-state index in [1.807, 2.05) is 25.1 Å².